The second kappa shape index (κ2) is 12.5. The molecule has 4 N–H and O–H groups in total. The quantitative estimate of drug-likeness (QED) is 0.266. The van der Waals surface area contributed by atoms with Gasteiger partial charge in [-0.1, -0.05) is 116 Å². The predicted octanol–water partition coefficient (Wildman–Crippen LogP) is 7.58. The highest BCUT2D eigenvalue weighted by molar-refractivity contribution is 5.53. The van der Waals surface area contributed by atoms with Gasteiger partial charge in [0, 0.05) is 0 Å². The van der Waals surface area contributed by atoms with Gasteiger partial charge in [0.2, 0.25) is 0 Å². The number of aliphatic hydroxyl groups excluding tert-OH is 3. The summed E-state index contributed by atoms with van der Waals surface area (Å²) < 4.78 is 0. The van der Waals surface area contributed by atoms with E-state index in [1.165, 1.54) is 75.3 Å². The Morgan fingerprint density at radius 2 is 0.878 bits per heavy atom. The van der Waals surface area contributed by atoms with Crippen LogP contribution in [0.5, 0.6) is 0 Å². The van der Waals surface area contributed by atoms with E-state index in [2.05, 4.69) is 65.8 Å². The minimum Gasteiger partial charge on any atom is -0.395 e. The first-order chi connectivity index (χ1) is 19.3. The van der Waals surface area contributed by atoms with Gasteiger partial charge >= 0.3 is 0 Å². The maximum absolute atomic E-state index is 13.3. The van der Waals surface area contributed by atoms with E-state index in [4.69, 9.17) is 0 Å². The van der Waals surface area contributed by atoms with E-state index in [1.807, 2.05) is 12.1 Å². The zero-order valence-electron chi connectivity index (χ0n) is 26.6. The van der Waals surface area contributed by atoms with Crippen molar-refractivity contribution in [2.24, 2.45) is 5.41 Å². The molecule has 2 saturated carbocycles. The lowest BCUT2D eigenvalue weighted by atomic mass is 9.60. The van der Waals surface area contributed by atoms with Gasteiger partial charge in [0.1, 0.15) is 5.60 Å². The Bertz CT molecular complexity index is 1060. The summed E-state index contributed by atoms with van der Waals surface area (Å²) in [5.41, 5.74) is 1.87. The molecular weight excluding hydrogens is 508 g/mol. The second-order valence-electron chi connectivity index (χ2n) is 15.2. The number of hydrogen-bond donors (Lipinski definition) is 4. The summed E-state index contributed by atoms with van der Waals surface area (Å²) in [6.07, 6.45) is 12.3. The van der Waals surface area contributed by atoms with Crippen LogP contribution >= 0.6 is 0 Å². The molecule has 0 bridgehead atoms. The van der Waals surface area contributed by atoms with Gasteiger partial charge in [-0.05, 0) is 81.7 Å². The first-order valence-corrected chi connectivity index (χ1v) is 16.2. The molecule has 0 aliphatic heterocycles. The van der Waals surface area contributed by atoms with Crippen LogP contribution in [0.15, 0.2) is 36.4 Å². The van der Waals surface area contributed by atoms with Crippen molar-refractivity contribution in [3.8, 4) is 0 Å². The van der Waals surface area contributed by atoms with Crippen LogP contribution in [-0.2, 0) is 16.4 Å². The smallest absolute Gasteiger partial charge is 0.127 e. The van der Waals surface area contributed by atoms with E-state index in [0.717, 1.165) is 11.1 Å². The topological polar surface area (TPSA) is 80.9 Å². The first kappa shape index (κ1) is 32.2. The lowest BCUT2D eigenvalue weighted by Crippen LogP contribution is -2.55. The molecule has 0 amide bonds. The molecule has 2 fully saturated rings. The van der Waals surface area contributed by atoms with Crippen molar-refractivity contribution in [3.63, 3.8) is 0 Å². The largest absolute Gasteiger partial charge is 0.395 e. The zero-order chi connectivity index (χ0) is 30.1. The highest BCUT2D eigenvalue weighted by Gasteiger charge is 2.55. The zero-order valence-corrected chi connectivity index (χ0v) is 26.6. The summed E-state index contributed by atoms with van der Waals surface area (Å²) >= 11 is 0. The van der Waals surface area contributed by atoms with Crippen molar-refractivity contribution in [1.29, 1.82) is 0 Å². The fourth-order valence-corrected chi connectivity index (χ4v) is 7.59. The van der Waals surface area contributed by atoms with Crippen LogP contribution in [0.1, 0.15) is 151 Å². The van der Waals surface area contributed by atoms with Gasteiger partial charge in [-0.15, -0.1) is 0 Å². The number of hydrogen-bond acceptors (Lipinski definition) is 4. The van der Waals surface area contributed by atoms with E-state index in [9.17, 15) is 20.4 Å². The average molecular weight is 565 g/mol. The SMILES string of the molecule is CC(C)(C)c1cc(C2CCCCC2)ccc1C(O)(c1ccc(C2CCCCC2)cc1C(C)(C)C)C(CO)(CO)CO. The third-order valence-corrected chi connectivity index (χ3v) is 10.3. The van der Waals surface area contributed by atoms with Crippen LogP contribution < -0.4 is 0 Å². The lowest BCUT2D eigenvalue weighted by Gasteiger charge is -2.48. The van der Waals surface area contributed by atoms with E-state index in [0.29, 0.717) is 23.0 Å². The number of rotatable bonds is 8. The van der Waals surface area contributed by atoms with Gasteiger partial charge < -0.3 is 20.4 Å². The van der Waals surface area contributed by atoms with E-state index < -0.39 is 30.8 Å². The molecule has 0 radical (unpaired) electrons. The third-order valence-electron chi connectivity index (χ3n) is 10.3. The van der Waals surface area contributed by atoms with Crippen molar-refractivity contribution < 1.29 is 20.4 Å². The van der Waals surface area contributed by atoms with Crippen LogP contribution in [0.2, 0.25) is 0 Å². The molecule has 4 rings (SSSR count). The molecule has 0 aromatic heterocycles. The Kier molecular flexibility index (Phi) is 9.80. The van der Waals surface area contributed by atoms with Crippen molar-refractivity contribution in [1.82, 2.24) is 0 Å². The average Bonchev–Trinajstić information content (AvgIpc) is 2.97. The van der Waals surface area contributed by atoms with Crippen LogP contribution in [0.3, 0.4) is 0 Å². The van der Waals surface area contributed by atoms with Gasteiger partial charge in [0.15, 0.2) is 0 Å². The molecule has 2 aromatic carbocycles. The van der Waals surface area contributed by atoms with Gasteiger partial charge in [0.25, 0.3) is 0 Å². The maximum Gasteiger partial charge on any atom is 0.127 e. The van der Waals surface area contributed by atoms with Crippen LogP contribution in [0, 0.1) is 5.41 Å². The van der Waals surface area contributed by atoms with Crippen LogP contribution in [-0.4, -0.2) is 40.2 Å². The van der Waals surface area contributed by atoms with Gasteiger partial charge in [0.05, 0.1) is 25.2 Å². The highest BCUT2D eigenvalue weighted by atomic mass is 16.3. The first-order valence-electron chi connectivity index (χ1n) is 16.2. The fraction of sp³-hybridized carbons (Fsp3) is 0.676. The minimum absolute atomic E-state index is 0.315. The Balaban J connectivity index is 2.02. The van der Waals surface area contributed by atoms with Crippen molar-refractivity contribution in [2.45, 2.75) is 134 Å². The molecule has 0 heterocycles. The summed E-state index contributed by atoms with van der Waals surface area (Å²) in [7, 11) is 0. The van der Waals surface area contributed by atoms with Crippen LogP contribution in [0.4, 0.5) is 0 Å². The number of benzene rings is 2. The fourth-order valence-electron chi connectivity index (χ4n) is 7.59. The van der Waals surface area contributed by atoms with E-state index in [-0.39, 0.29) is 10.8 Å². The molecule has 228 valence electrons. The van der Waals surface area contributed by atoms with Gasteiger partial charge in [-0.25, -0.2) is 0 Å². The molecule has 2 aliphatic carbocycles. The molecule has 0 spiro atoms. The van der Waals surface area contributed by atoms with Gasteiger partial charge in [-0.2, -0.15) is 0 Å². The Labute approximate surface area is 249 Å². The lowest BCUT2D eigenvalue weighted by molar-refractivity contribution is -0.137. The molecular formula is C37H56O4. The van der Waals surface area contributed by atoms with E-state index >= 15 is 0 Å². The van der Waals surface area contributed by atoms with Crippen molar-refractivity contribution >= 4 is 0 Å². The summed E-state index contributed by atoms with van der Waals surface area (Å²) in [5, 5.41) is 45.9. The molecule has 2 aliphatic rings. The van der Waals surface area contributed by atoms with Crippen molar-refractivity contribution in [2.75, 3.05) is 19.8 Å². The maximum atomic E-state index is 13.3. The van der Waals surface area contributed by atoms with E-state index in [1.54, 1.807) is 0 Å². The summed E-state index contributed by atoms with van der Waals surface area (Å²) in [6.45, 7) is 11.3. The molecule has 2 aromatic rings. The molecule has 0 atom stereocenters. The Morgan fingerprint density at radius 3 is 1.17 bits per heavy atom. The third kappa shape index (κ3) is 6.18. The monoisotopic (exact) mass is 564 g/mol. The second-order valence-corrected chi connectivity index (χ2v) is 15.2. The Morgan fingerprint density at radius 1 is 0.537 bits per heavy atom. The molecule has 41 heavy (non-hydrogen) atoms. The number of aliphatic hydroxyl groups is 4. The standard InChI is InChI=1S/C37H56O4/c1-34(2,3)32-21-28(26-13-9-7-10-14-26)17-19-30(32)37(41,36(23-38,24-39)25-40)31-20-18-29(22-33(31)35(4,5)6)27-15-11-8-12-16-27/h17-22,26-27,38-41H,7-16,23-25H2,1-6H3. The van der Waals surface area contributed by atoms with Gasteiger partial charge in [-0.3, -0.25) is 0 Å². The Hall–Kier alpha value is -1.72. The molecule has 0 unspecified atom stereocenters. The molecule has 4 nitrogen and oxygen atoms in total. The molecule has 0 saturated heterocycles. The van der Waals surface area contributed by atoms with Crippen molar-refractivity contribution in [3.05, 3.63) is 69.8 Å². The molecule has 4 heteroatoms. The highest BCUT2D eigenvalue weighted by Crippen LogP contribution is 2.52. The predicted molar refractivity (Wildman–Crippen MR) is 169 cm³/mol. The normalized spacial score (nSPS) is 18.6. The summed E-state index contributed by atoms with van der Waals surface area (Å²) in [6, 6.07) is 12.9. The minimum atomic E-state index is -1.83. The summed E-state index contributed by atoms with van der Waals surface area (Å²) in [5.74, 6) is 1.01. The van der Waals surface area contributed by atoms with Crippen LogP contribution in [0.25, 0.3) is 0 Å². The summed E-state index contributed by atoms with van der Waals surface area (Å²) in [4.78, 5) is 0.